The molecule has 2 N–H and O–H groups in total. The van der Waals surface area contributed by atoms with Gasteiger partial charge in [0.1, 0.15) is 0 Å². The van der Waals surface area contributed by atoms with E-state index in [1.54, 1.807) is 0 Å². The fourth-order valence-corrected chi connectivity index (χ4v) is 2.46. The van der Waals surface area contributed by atoms with Crippen LogP contribution in [0.3, 0.4) is 0 Å². The van der Waals surface area contributed by atoms with Gasteiger partial charge in [-0.05, 0) is 38.3 Å². The van der Waals surface area contributed by atoms with Crippen molar-refractivity contribution in [3.63, 3.8) is 0 Å². The molecule has 1 aliphatic heterocycles. The molecule has 1 aromatic carbocycles. The zero-order chi connectivity index (χ0) is 12.3. The van der Waals surface area contributed by atoms with E-state index < -0.39 is 0 Å². The third kappa shape index (κ3) is 2.79. The van der Waals surface area contributed by atoms with Crippen molar-refractivity contribution in [1.29, 1.82) is 0 Å². The number of aryl methyl sites for hydroxylation is 1. The quantitative estimate of drug-likeness (QED) is 0.845. The molecule has 3 heteroatoms. The van der Waals surface area contributed by atoms with E-state index in [0.717, 1.165) is 18.5 Å². The number of anilines is 1. The number of aliphatic hydroxyl groups excluding tert-OH is 1. The minimum absolute atomic E-state index is 0.148. The lowest BCUT2D eigenvalue weighted by Crippen LogP contribution is -2.49. The number of hydrogen-bond acceptors (Lipinski definition) is 3. The van der Waals surface area contributed by atoms with Crippen molar-refractivity contribution in [2.45, 2.75) is 38.3 Å². The van der Waals surface area contributed by atoms with Crippen molar-refractivity contribution < 1.29 is 9.84 Å². The van der Waals surface area contributed by atoms with Crippen molar-refractivity contribution in [3.05, 3.63) is 29.8 Å². The number of nitrogens with one attached hydrogen (secondary N) is 1. The van der Waals surface area contributed by atoms with Gasteiger partial charge >= 0.3 is 0 Å². The summed E-state index contributed by atoms with van der Waals surface area (Å²) in [6.07, 6.45) is 1.90. The molecule has 2 unspecified atom stereocenters. The third-order valence-electron chi connectivity index (χ3n) is 3.51. The largest absolute Gasteiger partial charge is 0.394 e. The van der Waals surface area contributed by atoms with E-state index in [1.807, 2.05) is 12.1 Å². The van der Waals surface area contributed by atoms with E-state index in [4.69, 9.17) is 4.74 Å². The molecular formula is C14H21NO2. The Kier molecular flexibility index (Phi) is 3.69. The zero-order valence-corrected chi connectivity index (χ0v) is 10.6. The van der Waals surface area contributed by atoms with Crippen LogP contribution in [0, 0.1) is 6.92 Å². The molecular weight excluding hydrogens is 214 g/mol. The molecule has 0 spiro atoms. The van der Waals surface area contributed by atoms with Gasteiger partial charge in [-0.25, -0.2) is 0 Å². The Morgan fingerprint density at radius 1 is 1.47 bits per heavy atom. The molecule has 0 aliphatic carbocycles. The van der Waals surface area contributed by atoms with Gasteiger partial charge in [0.25, 0.3) is 0 Å². The van der Waals surface area contributed by atoms with Crippen LogP contribution in [0.5, 0.6) is 0 Å². The first-order valence-electron chi connectivity index (χ1n) is 6.21. The van der Waals surface area contributed by atoms with Gasteiger partial charge in [-0.15, -0.1) is 0 Å². The van der Waals surface area contributed by atoms with Gasteiger partial charge in [0.15, 0.2) is 0 Å². The molecule has 2 rings (SSSR count). The molecule has 1 aromatic rings. The van der Waals surface area contributed by atoms with Gasteiger partial charge in [-0.2, -0.15) is 0 Å². The van der Waals surface area contributed by atoms with Crippen LogP contribution in [0.25, 0.3) is 0 Å². The van der Waals surface area contributed by atoms with Crippen molar-refractivity contribution in [2.75, 3.05) is 18.5 Å². The molecule has 1 aliphatic rings. The molecule has 2 atom stereocenters. The van der Waals surface area contributed by atoms with Crippen molar-refractivity contribution in [2.24, 2.45) is 0 Å². The summed E-state index contributed by atoms with van der Waals surface area (Å²) in [5.41, 5.74) is 2.08. The Morgan fingerprint density at radius 3 is 2.88 bits per heavy atom. The van der Waals surface area contributed by atoms with Crippen LogP contribution in [0.1, 0.15) is 25.3 Å². The lowest BCUT2D eigenvalue weighted by atomic mass is 9.87. The van der Waals surface area contributed by atoms with Crippen molar-refractivity contribution in [3.8, 4) is 0 Å². The molecule has 0 amide bonds. The summed E-state index contributed by atoms with van der Waals surface area (Å²) >= 11 is 0. The van der Waals surface area contributed by atoms with Crippen LogP contribution in [-0.2, 0) is 4.74 Å². The van der Waals surface area contributed by atoms with Crippen LogP contribution < -0.4 is 5.32 Å². The first-order valence-corrected chi connectivity index (χ1v) is 6.21. The zero-order valence-electron chi connectivity index (χ0n) is 10.6. The molecule has 94 valence electrons. The normalized spacial score (nSPS) is 29.0. The van der Waals surface area contributed by atoms with Crippen LogP contribution in [-0.4, -0.2) is 30.0 Å². The van der Waals surface area contributed by atoms with Gasteiger partial charge in [0.05, 0.1) is 18.2 Å². The van der Waals surface area contributed by atoms with Crippen LogP contribution in [0.15, 0.2) is 24.3 Å². The minimum Gasteiger partial charge on any atom is -0.394 e. The second-order valence-electron chi connectivity index (χ2n) is 5.01. The summed E-state index contributed by atoms with van der Waals surface area (Å²) in [4.78, 5) is 0. The van der Waals surface area contributed by atoms with E-state index in [2.05, 4.69) is 31.3 Å². The van der Waals surface area contributed by atoms with Gasteiger partial charge in [0, 0.05) is 12.3 Å². The maximum absolute atomic E-state index is 9.69. The second-order valence-corrected chi connectivity index (χ2v) is 5.01. The van der Waals surface area contributed by atoms with E-state index >= 15 is 0 Å². The molecule has 17 heavy (non-hydrogen) atoms. The first-order chi connectivity index (χ1) is 8.15. The van der Waals surface area contributed by atoms with E-state index in [9.17, 15) is 5.11 Å². The first kappa shape index (κ1) is 12.4. The van der Waals surface area contributed by atoms with E-state index in [0.29, 0.717) is 6.61 Å². The summed E-state index contributed by atoms with van der Waals surface area (Å²) in [5, 5.41) is 13.2. The number of aliphatic hydroxyl groups is 1. The van der Waals surface area contributed by atoms with Crippen LogP contribution >= 0.6 is 0 Å². The Morgan fingerprint density at radius 2 is 2.24 bits per heavy atom. The predicted octanol–water partition coefficient (Wildman–Crippen LogP) is 2.34. The molecule has 3 nitrogen and oxygen atoms in total. The molecule has 1 fully saturated rings. The number of hydrogen-bond donors (Lipinski definition) is 2. The monoisotopic (exact) mass is 235 g/mol. The van der Waals surface area contributed by atoms with Gasteiger partial charge in [-0.3, -0.25) is 0 Å². The van der Waals surface area contributed by atoms with Crippen LogP contribution in [0.2, 0.25) is 0 Å². The second kappa shape index (κ2) is 5.07. The molecule has 0 radical (unpaired) electrons. The summed E-state index contributed by atoms with van der Waals surface area (Å²) in [6, 6.07) is 8.19. The fourth-order valence-electron chi connectivity index (χ4n) is 2.46. The Balaban J connectivity index is 2.17. The molecule has 0 bridgehead atoms. The van der Waals surface area contributed by atoms with Gasteiger partial charge < -0.3 is 15.2 Å². The minimum atomic E-state index is -0.232. The Bertz CT molecular complexity index is 380. The number of ether oxygens (including phenoxy) is 1. The maximum atomic E-state index is 9.69. The lowest BCUT2D eigenvalue weighted by molar-refractivity contribution is -0.0160. The average molecular weight is 235 g/mol. The highest BCUT2D eigenvalue weighted by atomic mass is 16.5. The van der Waals surface area contributed by atoms with Crippen molar-refractivity contribution >= 4 is 5.69 Å². The average Bonchev–Trinajstić information content (AvgIpc) is 2.32. The summed E-state index contributed by atoms with van der Waals surface area (Å²) in [7, 11) is 0. The summed E-state index contributed by atoms with van der Waals surface area (Å²) < 4.78 is 5.55. The Hall–Kier alpha value is -1.06. The topological polar surface area (TPSA) is 41.5 Å². The summed E-state index contributed by atoms with van der Waals surface area (Å²) in [6.45, 7) is 4.99. The summed E-state index contributed by atoms with van der Waals surface area (Å²) in [5.74, 6) is 0. The van der Waals surface area contributed by atoms with E-state index in [1.165, 1.54) is 5.56 Å². The smallest absolute Gasteiger partial charge is 0.0663 e. The molecule has 1 heterocycles. The highest BCUT2D eigenvalue weighted by Gasteiger charge is 2.35. The van der Waals surface area contributed by atoms with Crippen LogP contribution in [0.4, 0.5) is 5.69 Å². The van der Waals surface area contributed by atoms with Gasteiger partial charge in [-0.1, -0.05) is 18.2 Å². The van der Waals surface area contributed by atoms with Crippen molar-refractivity contribution in [1.82, 2.24) is 0 Å². The third-order valence-corrected chi connectivity index (χ3v) is 3.51. The predicted molar refractivity (Wildman–Crippen MR) is 69.3 cm³/mol. The lowest BCUT2D eigenvalue weighted by Gasteiger charge is -2.40. The number of para-hydroxylation sites is 1. The maximum Gasteiger partial charge on any atom is 0.0663 e. The highest BCUT2D eigenvalue weighted by molar-refractivity contribution is 5.52. The van der Waals surface area contributed by atoms with E-state index in [-0.39, 0.29) is 18.2 Å². The number of benzene rings is 1. The molecule has 0 saturated carbocycles. The fraction of sp³-hybridized carbons (Fsp3) is 0.571. The molecule has 0 aromatic heterocycles. The number of rotatable bonds is 3. The SMILES string of the molecule is Cc1ccccc1NC1(CO)CCOC(C)C1. The highest BCUT2D eigenvalue weighted by Crippen LogP contribution is 2.29. The van der Waals surface area contributed by atoms with Gasteiger partial charge in [0.2, 0.25) is 0 Å². The Labute approximate surface area is 103 Å². The molecule has 1 saturated heterocycles. The standard InChI is InChI=1S/C14H21NO2/c1-11-5-3-4-6-13(11)15-14(10-16)7-8-17-12(2)9-14/h3-6,12,15-16H,7-10H2,1-2H3.